The normalized spacial score (nSPS) is 45.0. The number of hydrogen-bond donors (Lipinski definition) is 0. The van der Waals surface area contributed by atoms with Crippen molar-refractivity contribution in [3.63, 3.8) is 0 Å². The van der Waals surface area contributed by atoms with E-state index >= 15 is 0 Å². The summed E-state index contributed by atoms with van der Waals surface area (Å²) < 4.78 is 0. The van der Waals surface area contributed by atoms with Gasteiger partial charge in [-0.3, -0.25) is 0 Å². The lowest BCUT2D eigenvalue weighted by atomic mass is 9.13. The van der Waals surface area contributed by atoms with Gasteiger partial charge >= 0.3 is 0 Å². The Morgan fingerprint density at radius 3 is 1.26 bits per heavy atom. The van der Waals surface area contributed by atoms with Gasteiger partial charge in [0.15, 0.2) is 0 Å². The van der Waals surface area contributed by atoms with Crippen LogP contribution in [0, 0.1) is 54.7 Å². The molecule has 2 aliphatic rings. The van der Waals surface area contributed by atoms with Crippen LogP contribution in [0.2, 0.25) is 0 Å². The Labute approximate surface area is 172 Å². The van der Waals surface area contributed by atoms with Crippen LogP contribution in [0.15, 0.2) is 0 Å². The fourth-order valence-electron chi connectivity index (χ4n) is 9.67. The van der Waals surface area contributed by atoms with Crippen LogP contribution in [-0.2, 0) is 0 Å². The topological polar surface area (TPSA) is 0 Å². The monoisotopic (exact) mass is 376 g/mol. The minimum Gasteiger partial charge on any atom is -0.0614 e. The van der Waals surface area contributed by atoms with E-state index in [0.29, 0.717) is 16.7 Å². The molecule has 4 unspecified atom stereocenters. The fourth-order valence-corrected chi connectivity index (χ4v) is 9.67. The number of fused-ring (bicyclic) bond motifs is 1. The molecule has 0 heterocycles. The van der Waals surface area contributed by atoms with E-state index in [-0.39, 0.29) is 37.9 Å². The third-order valence-corrected chi connectivity index (χ3v) is 14.0. The van der Waals surface area contributed by atoms with Crippen molar-refractivity contribution in [1.82, 2.24) is 0 Å². The highest BCUT2D eigenvalue weighted by Gasteiger charge is 2.87. The molecule has 0 N–H and O–H groups in total. The average molecular weight is 377 g/mol. The Kier molecular flexibility index (Phi) is 4.31. The molecule has 160 valence electrons. The van der Waals surface area contributed by atoms with Gasteiger partial charge in [0.2, 0.25) is 0 Å². The minimum atomic E-state index is 0.167. The van der Waals surface area contributed by atoms with Gasteiger partial charge in [0.25, 0.3) is 0 Å². The first-order valence-electron chi connectivity index (χ1n) is 11.4. The predicted molar refractivity (Wildman–Crippen MR) is 122 cm³/mol. The third kappa shape index (κ3) is 1.73. The van der Waals surface area contributed by atoms with E-state index in [0.717, 1.165) is 0 Å². The van der Waals surface area contributed by atoms with Gasteiger partial charge in [-0.05, 0) is 54.7 Å². The van der Waals surface area contributed by atoms with E-state index < -0.39 is 0 Å². The van der Waals surface area contributed by atoms with Crippen LogP contribution in [0.25, 0.3) is 0 Å². The van der Waals surface area contributed by atoms with Crippen molar-refractivity contribution >= 4 is 0 Å². The van der Waals surface area contributed by atoms with Gasteiger partial charge in [-0.15, -0.1) is 0 Å². The average Bonchev–Trinajstić information content (AvgIpc) is 2.48. The first kappa shape index (κ1) is 23.3. The molecule has 0 saturated heterocycles. The Hall–Kier alpha value is 0. The molecule has 2 aliphatic carbocycles. The molecule has 0 spiro atoms. The van der Waals surface area contributed by atoms with Crippen molar-refractivity contribution in [3.05, 3.63) is 0 Å². The highest BCUT2D eigenvalue weighted by molar-refractivity contribution is 5.34. The molecule has 2 rings (SSSR count). The molecule has 0 radical (unpaired) electrons. The Balaban J connectivity index is 3.03. The SMILES string of the molecule is CC1C(C)(C)C2(C)C(C)(C)C(C)(C(C)(C)C(C)(C)C)C(C)(C)C(C)(C)C12C. The van der Waals surface area contributed by atoms with Gasteiger partial charge in [-0.1, -0.05) is 118 Å². The van der Waals surface area contributed by atoms with Crippen LogP contribution in [0.3, 0.4) is 0 Å². The first-order valence-corrected chi connectivity index (χ1v) is 11.4. The minimum absolute atomic E-state index is 0.167. The van der Waals surface area contributed by atoms with Gasteiger partial charge in [-0.2, -0.15) is 0 Å². The highest BCUT2D eigenvalue weighted by atomic mass is 14.9. The first-order chi connectivity index (χ1) is 11.4. The lowest BCUT2D eigenvalue weighted by Crippen LogP contribution is -2.86. The van der Waals surface area contributed by atoms with Crippen molar-refractivity contribution < 1.29 is 0 Å². The molecule has 0 aromatic carbocycles. The maximum Gasteiger partial charge on any atom is -0.0153 e. The third-order valence-electron chi connectivity index (χ3n) is 14.0. The molecule has 4 atom stereocenters. The largest absolute Gasteiger partial charge is 0.0614 e. The molecule has 0 aliphatic heterocycles. The van der Waals surface area contributed by atoms with Crippen LogP contribution < -0.4 is 0 Å². The van der Waals surface area contributed by atoms with Crippen molar-refractivity contribution in [3.8, 4) is 0 Å². The predicted octanol–water partition coefficient (Wildman–Crippen LogP) is 8.85. The van der Waals surface area contributed by atoms with Gasteiger partial charge < -0.3 is 0 Å². The summed E-state index contributed by atoms with van der Waals surface area (Å²) in [4.78, 5) is 0. The fraction of sp³-hybridized carbons (Fsp3) is 1.00. The second kappa shape index (κ2) is 5.00. The second-order valence-electron chi connectivity index (χ2n) is 14.6. The van der Waals surface area contributed by atoms with Crippen LogP contribution in [0.4, 0.5) is 0 Å². The van der Waals surface area contributed by atoms with Crippen LogP contribution in [0.5, 0.6) is 0 Å². The van der Waals surface area contributed by atoms with Crippen LogP contribution >= 0.6 is 0 Å². The van der Waals surface area contributed by atoms with E-state index in [2.05, 4.69) is 118 Å². The molecule has 0 bridgehead atoms. The van der Waals surface area contributed by atoms with E-state index in [1.165, 1.54) is 0 Å². The molecule has 0 aromatic rings. The van der Waals surface area contributed by atoms with Gasteiger partial charge in [-0.25, -0.2) is 0 Å². The zero-order chi connectivity index (χ0) is 22.1. The molecule has 0 heteroatoms. The van der Waals surface area contributed by atoms with Crippen LogP contribution in [0.1, 0.15) is 118 Å². The van der Waals surface area contributed by atoms with Crippen molar-refractivity contribution in [2.45, 2.75) is 118 Å². The molecular weight excluding hydrogens is 324 g/mol. The summed E-state index contributed by atoms with van der Waals surface area (Å²) in [5, 5.41) is 0. The molecular formula is C27H52. The van der Waals surface area contributed by atoms with E-state index in [1.54, 1.807) is 0 Å². The molecule has 0 amide bonds. The standard InChI is InChI=1S/C27H52/c1-18-20(5,6)26(16)24(13,14)27(17,21(7,8)19(2,3)4)23(11,12)22(9,10)25(18,26)15/h18H,1-17H3. The Bertz CT molecular complexity index is 635. The van der Waals surface area contributed by atoms with Crippen molar-refractivity contribution in [2.75, 3.05) is 0 Å². The van der Waals surface area contributed by atoms with Gasteiger partial charge in [0.05, 0.1) is 0 Å². The molecule has 2 saturated carbocycles. The Morgan fingerprint density at radius 1 is 0.556 bits per heavy atom. The highest BCUT2D eigenvalue weighted by Crippen LogP contribution is 2.92. The number of hydrogen-bond acceptors (Lipinski definition) is 0. The summed E-state index contributed by atoms with van der Waals surface area (Å²) in [6.07, 6.45) is 0. The number of rotatable bonds is 1. The molecule has 2 fully saturated rings. The zero-order valence-corrected chi connectivity index (χ0v) is 22.1. The Morgan fingerprint density at radius 2 is 0.926 bits per heavy atom. The lowest BCUT2D eigenvalue weighted by molar-refractivity contribution is -0.441. The van der Waals surface area contributed by atoms with Crippen molar-refractivity contribution in [1.29, 1.82) is 0 Å². The van der Waals surface area contributed by atoms with E-state index in [9.17, 15) is 0 Å². The quantitative estimate of drug-likeness (QED) is 0.428. The summed E-state index contributed by atoms with van der Waals surface area (Å²) >= 11 is 0. The summed E-state index contributed by atoms with van der Waals surface area (Å²) in [6.45, 7) is 43.8. The maximum absolute atomic E-state index is 2.66. The van der Waals surface area contributed by atoms with E-state index in [1.807, 2.05) is 0 Å². The molecule has 27 heavy (non-hydrogen) atoms. The zero-order valence-electron chi connectivity index (χ0n) is 22.1. The van der Waals surface area contributed by atoms with Gasteiger partial charge in [0, 0.05) is 0 Å². The summed E-state index contributed by atoms with van der Waals surface area (Å²) in [5.41, 5.74) is 2.11. The smallest absolute Gasteiger partial charge is 0.0153 e. The lowest BCUT2D eigenvalue weighted by Gasteiger charge is -2.91. The van der Waals surface area contributed by atoms with Crippen LogP contribution in [-0.4, -0.2) is 0 Å². The summed E-state index contributed by atoms with van der Waals surface area (Å²) in [6, 6.07) is 0. The second-order valence-corrected chi connectivity index (χ2v) is 14.6. The van der Waals surface area contributed by atoms with Crippen molar-refractivity contribution in [2.24, 2.45) is 54.7 Å². The maximum atomic E-state index is 2.66. The van der Waals surface area contributed by atoms with Gasteiger partial charge in [0.1, 0.15) is 0 Å². The van der Waals surface area contributed by atoms with E-state index in [4.69, 9.17) is 0 Å². The summed E-state index contributed by atoms with van der Waals surface area (Å²) in [7, 11) is 0. The molecule has 0 nitrogen and oxygen atoms in total. The summed E-state index contributed by atoms with van der Waals surface area (Å²) in [5.74, 6) is 0.714. The molecule has 0 aromatic heterocycles.